The minimum absolute atomic E-state index is 0.0342. The highest BCUT2D eigenvalue weighted by Gasteiger charge is 2.32. The molecular weight excluding hydrogens is 382 g/mol. The summed E-state index contributed by atoms with van der Waals surface area (Å²) >= 11 is 0. The highest BCUT2D eigenvalue weighted by atomic mass is 16.5. The first-order valence-electron chi connectivity index (χ1n) is 10.6. The van der Waals surface area contributed by atoms with E-state index in [1.165, 1.54) is 11.1 Å². The lowest BCUT2D eigenvalue weighted by molar-refractivity contribution is -0.121. The maximum absolute atomic E-state index is 13.4. The molecule has 2 aliphatic rings. The van der Waals surface area contributed by atoms with Crippen molar-refractivity contribution in [2.75, 3.05) is 0 Å². The van der Waals surface area contributed by atoms with Crippen molar-refractivity contribution in [3.8, 4) is 22.6 Å². The molecule has 0 fully saturated rings. The summed E-state index contributed by atoms with van der Waals surface area (Å²) in [6, 6.07) is 32.5. The second kappa shape index (κ2) is 7.13. The quantitative estimate of drug-likeness (QED) is 0.442. The summed E-state index contributed by atoms with van der Waals surface area (Å²) in [6.45, 7) is 0. The Morgan fingerprint density at radius 1 is 0.645 bits per heavy atom. The van der Waals surface area contributed by atoms with Gasteiger partial charge in [0.1, 0.15) is 11.5 Å². The van der Waals surface area contributed by atoms with Gasteiger partial charge in [0.05, 0.1) is 6.04 Å². The maximum Gasteiger partial charge on any atom is 0.221 e. The zero-order valence-corrected chi connectivity index (χ0v) is 16.9. The average molecular weight is 403 g/mol. The monoisotopic (exact) mass is 403 g/mol. The van der Waals surface area contributed by atoms with Crippen LogP contribution in [0.4, 0.5) is 0 Å². The van der Waals surface area contributed by atoms with Gasteiger partial charge in [0.25, 0.3) is 0 Å². The Balaban J connectivity index is 1.33. The molecule has 3 nitrogen and oxygen atoms in total. The standard InChI is InChI=1S/C28H21NO2/c30-27(29-28-22-13-3-1-9-18(22)19-10-2-4-14-23(19)28)17-24-20-11-5-7-15-25(20)31-26-16-8-6-12-21(24)26/h1-16,24,28H,17H2,(H,29,30). The maximum atomic E-state index is 13.4. The SMILES string of the molecule is O=C(CC1c2ccccc2Oc2ccccc21)NC1c2ccccc2-c2ccccc21. The first-order valence-corrected chi connectivity index (χ1v) is 10.6. The van der Waals surface area contributed by atoms with E-state index in [1.807, 2.05) is 48.5 Å². The minimum Gasteiger partial charge on any atom is -0.457 e. The van der Waals surface area contributed by atoms with Crippen molar-refractivity contribution < 1.29 is 9.53 Å². The smallest absolute Gasteiger partial charge is 0.221 e. The molecule has 4 aromatic carbocycles. The fourth-order valence-corrected chi connectivity index (χ4v) is 4.94. The molecule has 1 N–H and O–H groups in total. The molecule has 4 aromatic rings. The molecule has 31 heavy (non-hydrogen) atoms. The van der Waals surface area contributed by atoms with Gasteiger partial charge in [0.2, 0.25) is 5.91 Å². The molecule has 0 aromatic heterocycles. The number of benzene rings is 4. The summed E-state index contributed by atoms with van der Waals surface area (Å²) in [7, 11) is 0. The van der Waals surface area contributed by atoms with Gasteiger partial charge in [-0.15, -0.1) is 0 Å². The van der Waals surface area contributed by atoms with E-state index in [9.17, 15) is 4.79 Å². The van der Waals surface area contributed by atoms with Crippen LogP contribution in [0.2, 0.25) is 0 Å². The topological polar surface area (TPSA) is 38.3 Å². The largest absolute Gasteiger partial charge is 0.457 e. The van der Waals surface area contributed by atoms with Crippen molar-refractivity contribution in [1.82, 2.24) is 5.32 Å². The molecule has 1 heterocycles. The molecule has 0 saturated carbocycles. The predicted octanol–water partition coefficient (Wildman–Crippen LogP) is 6.20. The van der Waals surface area contributed by atoms with Gasteiger partial charge >= 0.3 is 0 Å². The molecule has 1 amide bonds. The molecule has 1 aliphatic carbocycles. The first kappa shape index (κ1) is 18.0. The van der Waals surface area contributed by atoms with Crippen LogP contribution in [0.5, 0.6) is 11.5 Å². The van der Waals surface area contributed by atoms with Crippen LogP contribution in [-0.4, -0.2) is 5.91 Å². The fraction of sp³-hybridized carbons (Fsp3) is 0.107. The molecule has 3 heteroatoms. The normalized spacial score (nSPS) is 14.1. The second-order valence-electron chi connectivity index (χ2n) is 8.11. The summed E-state index contributed by atoms with van der Waals surface area (Å²) in [5, 5.41) is 3.32. The average Bonchev–Trinajstić information content (AvgIpc) is 3.13. The summed E-state index contributed by atoms with van der Waals surface area (Å²) < 4.78 is 6.08. The second-order valence-corrected chi connectivity index (χ2v) is 8.11. The van der Waals surface area contributed by atoms with Gasteiger partial charge in [-0.1, -0.05) is 84.9 Å². The number of hydrogen-bond donors (Lipinski definition) is 1. The summed E-state index contributed by atoms with van der Waals surface area (Å²) in [5.74, 6) is 1.66. The lowest BCUT2D eigenvalue weighted by Crippen LogP contribution is -2.30. The Hall–Kier alpha value is -3.85. The Labute approximate surface area is 181 Å². The van der Waals surface area contributed by atoms with Crippen LogP contribution in [0.25, 0.3) is 11.1 Å². The van der Waals surface area contributed by atoms with Gasteiger partial charge < -0.3 is 10.1 Å². The zero-order valence-electron chi connectivity index (χ0n) is 16.9. The predicted molar refractivity (Wildman–Crippen MR) is 121 cm³/mol. The van der Waals surface area contributed by atoms with Crippen LogP contribution >= 0.6 is 0 Å². The lowest BCUT2D eigenvalue weighted by Gasteiger charge is -2.28. The molecule has 0 spiro atoms. The van der Waals surface area contributed by atoms with Gasteiger partial charge in [-0.05, 0) is 34.4 Å². The van der Waals surface area contributed by atoms with Crippen molar-refractivity contribution in [3.63, 3.8) is 0 Å². The molecule has 150 valence electrons. The molecular formula is C28H21NO2. The van der Waals surface area contributed by atoms with E-state index in [0.717, 1.165) is 33.8 Å². The van der Waals surface area contributed by atoms with Gasteiger partial charge in [0.15, 0.2) is 0 Å². The fourth-order valence-electron chi connectivity index (χ4n) is 4.94. The lowest BCUT2D eigenvalue weighted by atomic mass is 9.85. The third-order valence-corrected chi connectivity index (χ3v) is 6.34. The third kappa shape index (κ3) is 2.93. The molecule has 1 aliphatic heterocycles. The number of ether oxygens (including phenoxy) is 1. The number of fused-ring (bicyclic) bond motifs is 5. The number of carbonyl (C=O) groups is 1. The van der Waals surface area contributed by atoms with E-state index in [0.29, 0.717) is 6.42 Å². The van der Waals surface area contributed by atoms with Gasteiger partial charge in [-0.2, -0.15) is 0 Å². The van der Waals surface area contributed by atoms with Crippen LogP contribution in [0.1, 0.15) is 40.6 Å². The van der Waals surface area contributed by atoms with Crippen molar-refractivity contribution in [3.05, 3.63) is 119 Å². The van der Waals surface area contributed by atoms with E-state index in [-0.39, 0.29) is 17.9 Å². The Bertz CT molecular complexity index is 1220. The molecule has 0 atom stereocenters. The molecule has 0 radical (unpaired) electrons. The van der Waals surface area contributed by atoms with E-state index in [1.54, 1.807) is 0 Å². The summed E-state index contributed by atoms with van der Waals surface area (Å²) in [6.07, 6.45) is 0.373. The molecule has 0 bridgehead atoms. The number of rotatable bonds is 3. The van der Waals surface area contributed by atoms with Crippen LogP contribution in [0.3, 0.4) is 0 Å². The van der Waals surface area contributed by atoms with E-state index >= 15 is 0 Å². The highest BCUT2D eigenvalue weighted by molar-refractivity contribution is 5.84. The highest BCUT2D eigenvalue weighted by Crippen LogP contribution is 2.46. The molecule has 0 saturated heterocycles. The first-order chi connectivity index (χ1) is 15.3. The number of hydrogen-bond acceptors (Lipinski definition) is 2. The van der Waals surface area contributed by atoms with E-state index < -0.39 is 0 Å². The number of amides is 1. The van der Waals surface area contributed by atoms with Gasteiger partial charge in [-0.3, -0.25) is 4.79 Å². The van der Waals surface area contributed by atoms with Crippen molar-refractivity contribution >= 4 is 5.91 Å². The number of carbonyl (C=O) groups excluding carboxylic acids is 1. The minimum atomic E-state index is -0.120. The number of para-hydroxylation sites is 2. The van der Waals surface area contributed by atoms with Crippen molar-refractivity contribution in [1.29, 1.82) is 0 Å². The third-order valence-electron chi connectivity index (χ3n) is 6.34. The number of nitrogens with one attached hydrogen (secondary N) is 1. The summed E-state index contributed by atoms with van der Waals surface area (Å²) in [5.41, 5.74) is 6.83. The summed E-state index contributed by atoms with van der Waals surface area (Å²) in [4.78, 5) is 13.4. The van der Waals surface area contributed by atoms with Crippen LogP contribution in [0.15, 0.2) is 97.1 Å². The van der Waals surface area contributed by atoms with Crippen LogP contribution in [-0.2, 0) is 4.79 Å². The molecule has 6 rings (SSSR count). The zero-order chi connectivity index (χ0) is 20.8. The van der Waals surface area contributed by atoms with Gasteiger partial charge in [-0.25, -0.2) is 0 Å². The Kier molecular flexibility index (Phi) is 4.13. The van der Waals surface area contributed by atoms with Crippen LogP contribution < -0.4 is 10.1 Å². The van der Waals surface area contributed by atoms with Crippen molar-refractivity contribution in [2.24, 2.45) is 0 Å². The Morgan fingerprint density at radius 2 is 1.10 bits per heavy atom. The van der Waals surface area contributed by atoms with Crippen molar-refractivity contribution in [2.45, 2.75) is 18.4 Å². The molecule has 0 unspecified atom stereocenters. The Morgan fingerprint density at radius 3 is 1.65 bits per heavy atom. The van der Waals surface area contributed by atoms with Crippen LogP contribution in [0, 0.1) is 0 Å². The van der Waals surface area contributed by atoms with E-state index in [2.05, 4.69) is 53.8 Å². The van der Waals surface area contributed by atoms with Gasteiger partial charge in [0, 0.05) is 23.5 Å². The van der Waals surface area contributed by atoms with E-state index in [4.69, 9.17) is 4.74 Å².